The zero-order valence-corrected chi connectivity index (χ0v) is 12.9. The summed E-state index contributed by atoms with van der Waals surface area (Å²) in [5.41, 5.74) is 0.616. The van der Waals surface area contributed by atoms with Crippen molar-refractivity contribution in [1.29, 1.82) is 0 Å². The van der Waals surface area contributed by atoms with Gasteiger partial charge >= 0.3 is 5.97 Å². The molecule has 22 heavy (non-hydrogen) atoms. The molecule has 2 rings (SSSR count). The number of esters is 1. The van der Waals surface area contributed by atoms with E-state index in [9.17, 15) is 9.59 Å². The number of halogens is 1. The monoisotopic (exact) mass is 319 g/mol. The summed E-state index contributed by atoms with van der Waals surface area (Å²) in [6.07, 6.45) is 1.49. The molecule has 6 heteroatoms. The number of carbonyl (C=O) groups is 2. The molecule has 0 N–H and O–H groups in total. The molecule has 0 amide bonds. The number of ketones is 1. The molecule has 0 bridgehead atoms. The molecule has 1 aromatic heterocycles. The summed E-state index contributed by atoms with van der Waals surface area (Å²) < 4.78 is 10.6. The molecule has 0 unspecified atom stereocenters. The molecular weight excluding hydrogens is 306 g/mol. The molecule has 0 aliphatic carbocycles. The number of rotatable bonds is 5. The van der Waals surface area contributed by atoms with E-state index in [0.29, 0.717) is 16.3 Å². The Hall–Kier alpha value is -2.40. The Labute approximate surface area is 132 Å². The Kier molecular flexibility index (Phi) is 5.12. The Balaban J connectivity index is 2.35. The third-order valence-corrected chi connectivity index (χ3v) is 2.98. The number of aromatic nitrogens is 1. The van der Waals surface area contributed by atoms with Gasteiger partial charge in [-0.3, -0.25) is 4.79 Å². The highest BCUT2D eigenvalue weighted by molar-refractivity contribution is 6.31. The first-order chi connectivity index (χ1) is 10.5. The lowest BCUT2D eigenvalue weighted by molar-refractivity contribution is 0.0522. The van der Waals surface area contributed by atoms with Gasteiger partial charge in [-0.2, -0.15) is 0 Å². The predicted octanol–water partition coefficient (Wildman–Crippen LogP) is 3.91. The Morgan fingerprint density at radius 2 is 2.05 bits per heavy atom. The number of pyridine rings is 1. The van der Waals surface area contributed by atoms with Gasteiger partial charge in [0.25, 0.3) is 0 Å². The topological polar surface area (TPSA) is 65.5 Å². The van der Waals surface area contributed by atoms with Gasteiger partial charge in [0.05, 0.1) is 6.61 Å². The van der Waals surface area contributed by atoms with Crippen LogP contribution >= 0.6 is 11.6 Å². The lowest BCUT2D eigenvalue weighted by atomic mass is 10.1. The third-order valence-electron chi connectivity index (χ3n) is 2.76. The van der Waals surface area contributed by atoms with Crippen molar-refractivity contribution in [3.8, 4) is 11.6 Å². The molecule has 2 aromatic rings. The smallest absolute Gasteiger partial charge is 0.343 e. The molecule has 5 nitrogen and oxygen atoms in total. The van der Waals surface area contributed by atoms with E-state index in [1.807, 2.05) is 0 Å². The lowest BCUT2D eigenvalue weighted by Gasteiger charge is -2.10. The van der Waals surface area contributed by atoms with Crippen LogP contribution in [0.15, 0.2) is 36.5 Å². The van der Waals surface area contributed by atoms with Crippen LogP contribution in [-0.4, -0.2) is 23.3 Å². The van der Waals surface area contributed by atoms with Crippen LogP contribution in [0.25, 0.3) is 0 Å². The third kappa shape index (κ3) is 3.83. The number of nitrogens with zero attached hydrogens (tertiary/aromatic N) is 1. The highest BCUT2D eigenvalue weighted by atomic mass is 35.5. The molecule has 0 fully saturated rings. The molecule has 0 spiro atoms. The van der Waals surface area contributed by atoms with Gasteiger partial charge in [0.1, 0.15) is 11.3 Å². The van der Waals surface area contributed by atoms with E-state index in [-0.39, 0.29) is 23.8 Å². The fraction of sp³-hybridized carbons (Fsp3) is 0.188. The first-order valence-electron chi connectivity index (χ1n) is 6.62. The van der Waals surface area contributed by atoms with Crippen LogP contribution in [0.3, 0.4) is 0 Å². The summed E-state index contributed by atoms with van der Waals surface area (Å²) in [6.45, 7) is 3.39. The molecule has 0 aliphatic rings. The van der Waals surface area contributed by atoms with Gasteiger partial charge in [0.2, 0.25) is 5.88 Å². The maximum atomic E-state index is 11.9. The molecule has 0 atom stereocenters. The number of hydrogen-bond acceptors (Lipinski definition) is 5. The second kappa shape index (κ2) is 7.04. The predicted molar refractivity (Wildman–Crippen MR) is 81.7 cm³/mol. The summed E-state index contributed by atoms with van der Waals surface area (Å²) in [7, 11) is 0. The van der Waals surface area contributed by atoms with E-state index in [2.05, 4.69) is 4.98 Å². The standard InChI is InChI=1S/C16H14ClNO4/c1-3-21-16(20)14-5-4-6-18-15(14)22-13-8-11(10(2)19)7-12(17)9-13/h4-9H,3H2,1-2H3. The maximum Gasteiger partial charge on any atom is 0.343 e. The van der Waals surface area contributed by atoms with Crippen LogP contribution in [-0.2, 0) is 4.74 Å². The van der Waals surface area contributed by atoms with Gasteiger partial charge in [-0.1, -0.05) is 11.6 Å². The SMILES string of the molecule is CCOC(=O)c1cccnc1Oc1cc(Cl)cc(C(C)=O)c1. The number of ether oxygens (including phenoxy) is 2. The number of carbonyl (C=O) groups excluding carboxylic acids is 2. The van der Waals surface area contributed by atoms with Crippen LogP contribution in [0.2, 0.25) is 5.02 Å². The fourth-order valence-corrected chi connectivity index (χ4v) is 2.00. The van der Waals surface area contributed by atoms with Crippen LogP contribution in [0, 0.1) is 0 Å². The average Bonchev–Trinajstić information content (AvgIpc) is 2.47. The van der Waals surface area contributed by atoms with Crippen LogP contribution < -0.4 is 4.74 Å². The highest BCUT2D eigenvalue weighted by Crippen LogP contribution is 2.27. The molecule has 1 heterocycles. The van der Waals surface area contributed by atoms with Crippen LogP contribution in [0.5, 0.6) is 11.6 Å². The minimum atomic E-state index is -0.528. The van der Waals surface area contributed by atoms with Crippen molar-refractivity contribution in [3.63, 3.8) is 0 Å². The molecule has 0 saturated carbocycles. The van der Waals surface area contributed by atoms with E-state index in [1.165, 1.54) is 25.3 Å². The molecule has 0 aliphatic heterocycles. The van der Waals surface area contributed by atoms with E-state index in [0.717, 1.165) is 0 Å². The Morgan fingerprint density at radius 3 is 2.73 bits per heavy atom. The fourth-order valence-electron chi connectivity index (χ4n) is 1.77. The minimum Gasteiger partial charge on any atom is -0.462 e. The van der Waals surface area contributed by atoms with Crippen molar-refractivity contribution in [2.75, 3.05) is 6.61 Å². The first kappa shape index (κ1) is 16.0. The summed E-state index contributed by atoms with van der Waals surface area (Å²) in [5, 5.41) is 0.358. The van der Waals surface area contributed by atoms with Crippen LogP contribution in [0.4, 0.5) is 0 Å². The summed E-state index contributed by atoms with van der Waals surface area (Å²) in [5.74, 6) is -0.252. The molecular formula is C16H14ClNO4. The van der Waals surface area contributed by atoms with Crippen molar-refractivity contribution in [2.45, 2.75) is 13.8 Å². The Morgan fingerprint density at radius 1 is 1.27 bits per heavy atom. The van der Waals surface area contributed by atoms with Crippen molar-refractivity contribution >= 4 is 23.4 Å². The van der Waals surface area contributed by atoms with Crippen molar-refractivity contribution < 1.29 is 19.1 Å². The summed E-state index contributed by atoms with van der Waals surface area (Å²) in [6, 6.07) is 7.78. The van der Waals surface area contributed by atoms with E-state index in [4.69, 9.17) is 21.1 Å². The number of benzene rings is 1. The minimum absolute atomic E-state index is 0.0951. The van der Waals surface area contributed by atoms with Gasteiger partial charge in [-0.25, -0.2) is 9.78 Å². The zero-order chi connectivity index (χ0) is 16.1. The normalized spacial score (nSPS) is 10.1. The highest BCUT2D eigenvalue weighted by Gasteiger charge is 2.16. The van der Waals surface area contributed by atoms with Gasteiger partial charge in [0.15, 0.2) is 5.78 Å². The quantitative estimate of drug-likeness (QED) is 0.617. The van der Waals surface area contributed by atoms with E-state index in [1.54, 1.807) is 25.1 Å². The number of Topliss-reactive ketones (excluding diaryl/α,β-unsaturated/α-hetero) is 1. The second-order valence-electron chi connectivity index (χ2n) is 4.41. The van der Waals surface area contributed by atoms with Crippen molar-refractivity contribution in [2.24, 2.45) is 0 Å². The average molecular weight is 320 g/mol. The lowest BCUT2D eigenvalue weighted by Crippen LogP contribution is -2.07. The van der Waals surface area contributed by atoms with Gasteiger partial charge in [0, 0.05) is 16.8 Å². The van der Waals surface area contributed by atoms with Crippen molar-refractivity contribution in [1.82, 2.24) is 4.98 Å². The Bertz CT molecular complexity index is 715. The molecule has 114 valence electrons. The number of hydrogen-bond donors (Lipinski definition) is 0. The summed E-state index contributed by atoms with van der Waals surface area (Å²) in [4.78, 5) is 27.4. The zero-order valence-electron chi connectivity index (χ0n) is 12.1. The molecule has 0 radical (unpaired) electrons. The molecule has 0 saturated heterocycles. The van der Waals surface area contributed by atoms with Crippen LogP contribution in [0.1, 0.15) is 34.6 Å². The van der Waals surface area contributed by atoms with Gasteiger partial charge in [-0.05, 0) is 44.2 Å². The van der Waals surface area contributed by atoms with Gasteiger partial charge < -0.3 is 9.47 Å². The largest absolute Gasteiger partial charge is 0.462 e. The van der Waals surface area contributed by atoms with Gasteiger partial charge in [-0.15, -0.1) is 0 Å². The first-order valence-corrected chi connectivity index (χ1v) is 7.00. The van der Waals surface area contributed by atoms with Crippen molar-refractivity contribution in [3.05, 3.63) is 52.7 Å². The second-order valence-corrected chi connectivity index (χ2v) is 4.85. The maximum absolute atomic E-state index is 11.9. The van der Waals surface area contributed by atoms with E-state index >= 15 is 0 Å². The summed E-state index contributed by atoms with van der Waals surface area (Å²) >= 11 is 5.97. The molecule has 1 aromatic carbocycles. The van der Waals surface area contributed by atoms with E-state index < -0.39 is 5.97 Å².